The van der Waals surface area contributed by atoms with Crippen molar-refractivity contribution >= 4 is 16.9 Å². The summed E-state index contributed by atoms with van der Waals surface area (Å²) in [5.41, 5.74) is -5.08. The second kappa shape index (κ2) is 12.8. The first-order valence-corrected chi connectivity index (χ1v) is 12.7. The summed E-state index contributed by atoms with van der Waals surface area (Å²) in [5, 5.41) is 9.21. The molecule has 0 spiro atoms. The van der Waals surface area contributed by atoms with Crippen LogP contribution in [-0.2, 0) is 25.2 Å². The monoisotopic (exact) mass is 575 g/mol. The van der Waals surface area contributed by atoms with Gasteiger partial charge in [0.25, 0.3) is 5.60 Å². The fourth-order valence-electron chi connectivity index (χ4n) is 3.40. The Morgan fingerprint density at radius 1 is 0.769 bits per heavy atom. The van der Waals surface area contributed by atoms with Gasteiger partial charge in [0.2, 0.25) is 0 Å². The minimum Gasteiger partial charge on any atom is -0.490 e. The van der Waals surface area contributed by atoms with Crippen LogP contribution in [0.5, 0.6) is 5.75 Å². The van der Waals surface area contributed by atoms with Crippen LogP contribution >= 0.6 is 0 Å². The number of alkyl halides is 6. The molecule has 1 unspecified atom stereocenters. The Bertz CT molecular complexity index is 1130. The number of hydrogen-bond donors (Lipinski definition) is 1. The van der Waals surface area contributed by atoms with Crippen molar-refractivity contribution in [2.75, 3.05) is 19.8 Å². The van der Waals surface area contributed by atoms with E-state index in [0.717, 1.165) is 21.6 Å². The van der Waals surface area contributed by atoms with Gasteiger partial charge in [-0.15, -0.1) is 0 Å². The lowest BCUT2D eigenvalue weighted by Gasteiger charge is -2.32. The first-order chi connectivity index (χ1) is 18.3. The Labute approximate surface area is 223 Å². The molecule has 210 valence electrons. The van der Waals surface area contributed by atoms with Crippen LogP contribution in [0, 0.1) is 0 Å². The van der Waals surface area contributed by atoms with Gasteiger partial charge < -0.3 is 19.3 Å². The second-order valence-electron chi connectivity index (χ2n) is 8.32. The van der Waals surface area contributed by atoms with Crippen molar-refractivity contribution in [3.05, 3.63) is 84.9 Å². The molecule has 0 saturated heterocycles. The fraction of sp³-hybridized carbons (Fsp3) is 0.296. The van der Waals surface area contributed by atoms with Crippen molar-refractivity contribution < 1.29 is 50.5 Å². The number of ether oxygens (including phenoxy) is 3. The molecule has 0 aliphatic rings. The van der Waals surface area contributed by atoms with Crippen molar-refractivity contribution in [1.82, 2.24) is 0 Å². The Balaban J connectivity index is 1.69. The van der Waals surface area contributed by atoms with E-state index >= 15 is 0 Å². The Hall–Kier alpha value is -3.22. The van der Waals surface area contributed by atoms with Crippen LogP contribution in [0.1, 0.15) is 6.92 Å². The highest BCUT2D eigenvalue weighted by Gasteiger charge is 2.70. The van der Waals surface area contributed by atoms with E-state index in [-0.39, 0.29) is 0 Å². The topological polar surface area (TPSA) is 65.0 Å². The second-order valence-corrected chi connectivity index (χ2v) is 10.3. The number of carbonyl (C=O) groups is 1. The summed E-state index contributed by atoms with van der Waals surface area (Å²) >= 11 is 0. The smallest absolute Gasteiger partial charge is 0.428 e. The summed E-state index contributed by atoms with van der Waals surface area (Å²) in [7, 11) is -0.423. The Morgan fingerprint density at radius 2 is 1.23 bits per heavy atom. The van der Waals surface area contributed by atoms with E-state index in [1.54, 1.807) is 12.1 Å². The van der Waals surface area contributed by atoms with Crippen LogP contribution in [0.2, 0.25) is 0 Å². The fourth-order valence-corrected chi connectivity index (χ4v) is 5.48. The highest BCUT2D eigenvalue weighted by atomic mass is 32.2. The van der Waals surface area contributed by atoms with Crippen molar-refractivity contribution in [3.8, 4) is 5.75 Å². The van der Waals surface area contributed by atoms with Gasteiger partial charge in [-0.05, 0) is 48.5 Å². The molecule has 0 bridgehead atoms. The van der Waals surface area contributed by atoms with Crippen molar-refractivity contribution in [2.45, 2.75) is 45.7 Å². The van der Waals surface area contributed by atoms with Crippen LogP contribution in [-0.4, -0.2) is 55.0 Å². The molecule has 0 aromatic heterocycles. The molecule has 1 N–H and O–H groups in total. The van der Waals surface area contributed by atoms with Crippen LogP contribution < -0.4 is 4.74 Å². The molecule has 0 radical (unpaired) electrons. The molecule has 0 amide bonds. The number of aliphatic hydroxyl groups is 1. The summed E-state index contributed by atoms with van der Waals surface area (Å²) in [5.74, 6) is -0.526. The molecule has 0 heterocycles. The van der Waals surface area contributed by atoms with Gasteiger partial charge in [0, 0.05) is 6.92 Å². The Kier molecular flexibility index (Phi) is 9.92. The molecule has 1 atom stereocenters. The van der Waals surface area contributed by atoms with E-state index in [9.17, 15) is 36.2 Å². The van der Waals surface area contributed by atoms with Gasteiger partial charge in [0.1, 0.15) is 12.4 Å². The lowest BCUT2D eigenvalue weighted by Crippen LogP contribution is -2.60. The predicted molar refractivity (Wildman–Crippen MR) is 130 cm³/mol. The summed E-state index contributed by atoms with van der Waals surface area (Å²) in [6.07, 6.45) is -13.4. The molecule has 0 aliphatic carbocycles. The highest BCUT2D eigenvalue weighted by Crippen LogP contribution is 2.43. The van der Waals surface area contributed by atoms with Gasteiger partial charge in [-0.2, -0.15) is 26.3 Å². The third-order valence-corrected chi connectivity index (χ3v) is 7.57. The number of benzene rings is 3. The zero-order valence-electron chi connectivity index (χ0n) is 20.5. The maximum absolute atomic E-state index is 12.9. The summed E-state index contributed by atoms with van der Waals surface area (Å²) in [6.45, 7) is -2.42. The molecule has 0 fully saturated rings. The average Bonchev–Trinajstić information content (AvgIpc) is 2.87. The molecule has 5 nitrogen and oxygen atoms in total. The maximum Gasteiger partial charge on any atom is 0.428 e. The molecule has 3 aromatic rings. The van der Waals surface area contributed by atoms with Gasteiger partial charge >= 0.3 is 18.3 Å². The SMILES string of the molecule is CC(=O)OC(COCC(O)(C(F)(F)F)C(F)(F)F)COc1ccc([S+](c2ccccc2)c2ccccc2)cc1. The van der Waals surface area contributed by atoms with E-state index in [1.807, 2.05) is 72.8 Å². The van der Waals surface area contributed by atoms with Gasteiger partial charge in [0.15, 0.2) is 20.8 Å². The molecule has 3 aromatic carbocycles. The number of hydrogen-bond acceptors (Lipinski definition) is 5. The minimum absolute atomic E-state index is 0.322. The van der Waals surface area contributed by atoms with Crippen LogP contribution in [0.3, 0.4) is 0 Å². The quantitative estimate of drug-likeness (QED) is 0.174. The van der Waals surface area contributed by atoms with E-state index in [4.69, 9.17) is 9.47 Å². The standard InChI is InChI=1S/C27H25F6O5S/c1-19(34)38-21(16-36-18-25(35,26(28,29)30)27(31,32)33)17-37-20-12-14-24(15-13-20)39(22-8-4-2-5-9-22)23-10-6-3-7-11-23/h2-15,21,35H,16-18H2,1H3/q+1. The minimum atomic E-state index is -6.03. The van der Waals surface area contributed by atoms with Gasteiger partial charge in [-0.3, -0.25) is 4.79 Å². The van der Waals surface area contributed by atoms with Crippen molar-refractivity contribution in [1.29, 1.82) is 0 Å². The predicted octanol–water partition coefficient (Wildman–Crippen LogP) is 5.96. The molecule has 3 rings (SSSR count). The van der Waals surface area contributed by atoms with Gasteiger partial charge in [0.05, 0.1) is 24.1 Å². The number of carbonyl (C=O) groups excluding carboxylic acids is 1. The third kappa shape index (κ3) is 7.90. The van der Waals surface area contributed by atoms with E-state index in [1.165, 1.54) is 0 Å². The van der Waals surface area contributed by atoms with Crippen molar-refractivity contribution in [2.24, 2.45) is 0 Å². The summed E-state index contributed by atoms with van der Waals surface area (Å²) in [6, 6.07) is 26.6. The van der Waals surface area contributed by atoms with Crippen molar-refractivity contribution in [3.63, 3.8) is 0 Å². The zero-order valence-corrected chi connectivity index (χ0v) is 21.4. The third-order valence-electron chi connectivity index (χ3n) is 5.34. The number of halogens is 6. The highest BCUT2D eigenvalue weighted by molar-refractivity contribution is 7.97. The van der Waals surface area contributed by atoms with E-state index in [2.05, 4.69) is 4.74 Å². The zero-order chi connectivity index (χ0) is 28.7. The normalized spacial score (nSPS) is 13.3. The molecule has 39 heavy (non-hydrogen) atoms. The molecule has 12 heteroatoms. The first-order valence-electron chi connectivity index (χ1n) is 11.5. The molecule has 0 saturated carbocycles. The molecular formula is C27H25F6O5S+. The van der Waals surface area contributed by atoms with Gasteiger partial charge in [-0.25, -0.2) is 0 Å². The summed E-state index contributed by atoms with van der Waals surface area (Å²) in [4.78, 5) is 14.5. The van der Waals surface area contributed by atoms with Crippen LogP contribution in [0.15, 0.2) is 99.6 Å². The van der Waals surface area contributed by atoms with E-state index in [0.29, 0.717) is 5.75 Å². The maximum atomic E-state index is 12.9. The lowest BCUT2D eigenvalue weighted by atomic mass is 10.0. The largest absolute Gasteiger partial charge is 0.490 e. The molecular weight excluding hydrogens is 550 g/mol. The van der Waals surface area contributed by atoms with Crippen LogP contribution in [0.4, 0.5) is 26.3 Å². The number of rotatable bonds is 11. The Morgan fingerprint density at radius 3 is 1.67 bits per heavy atom. The summed E-state index contributed by atoms with van der Waals surface area (Å²) < 4.78 is 92.1. The van der Waals surface area contributed by atoms with Gasteiger partial charge in [-0.1, -0.05) is 36.4 Å². The number of esters is 1. The van der Waals surface area contributed by atoms with E-state index < -0.39 is 60.7 Å². The molecule has 0 aliphatic heterocycles. The lowest BCUT2D eigenvalue weighted by molar-refractivity contribution is -0.378. The van der Waals surface area contributed by atoms with Crippen LogP contribution in [0.25, 0.3) is 0 Å². The first kappa shape index (κ1) is 30.3. The average molecular weight is 576 g/mol.